The van der Waals surface area contributed by atoms with Gasteiger partial charge in [0.25, 0.3) is 0 Å². The van der Waals surface area contributed by atoms with Crippen LogP contribution in [0.1, 0.15) is 51.0 Å². The molecule has 2 saturated heterocycles. The highest BCUT2D eigenvalue weighted by Gasteiger charge is 2.18. The van der Waals surface area contributed by atoms with Crippen LogP contribution in [0.25, 0.3) is 0 Å². The summed E-state index contributed by atoms with van der Waals surface area (Å²) in [6, 6.07) is 9.07. The number of hydrogen-bond donors (Lipinski definition) is 2. The Kier molecular flexibility index (Phi) is 10.6. The summed E-state index contributed by atoms with van der Waals surface area (Å²) in [5, 5.41) is 6.39. The van der Waals surface area contributed by atoms with Gasteiger partial charge in [0.15, 0.2) is 0 Å². The van der Waals surface area contributed by atoms with Crippen LogP contribution in [0.15, 0.2) is 24.3 Å². The topological polar surface area (TPSA) is 44.4 Å². The molecule has 2 aliphatic rings. The second-order valence-electron chi connectivity index (χ2n) is 7.46. The van der Waals surface area contributed by atoms with Gasteiger partial charge in [0.2, 0.25) is 5.91 Å². The number of halogens is 2. The van der Waals surface area contributed by atoms with E-state index < -0.39 is 0 Å². The number of likely N-dealkylation sites (tertiary alicyclic amines) is 1. The summed E-state index contributed by atoms with van der Waals surface area (Å²) in [7, 11) is 0. The molecule has 2 fully saturated rings. The van der Waals surface area contributed by atoms with E-state index in [0.29, 0.717) is 18.4 Å². The third-order valence-electron chi connectivity index (χ3n) is 5.51. The van der Waals surface area contributed by atoms with Gasteiger partial charge in [-0.15, -0.1) is 24.8 Å². The third kappa shape index (κ3) is 7.07. The monoisotopic (exact) mass is 401 g/mol. The quantitative estimate of drug-likeness (QED) is 0.749. The highest BCUT2D eigenvalue weighted by atomic mass is 35.5. The second-order valence-corrected chi connectivity index (χ2v) is 7.46. The Balaban J connectivity index is 0.00000169. The van der Waals surface area contributed by atoms with E-state index in [1.807, 2.05) is 12.1 Å². The fourth-order valence-electron chi connectivity index (χ4n) is 3.84. The van der Waals surface area contributed by atoms with Gasteiger partial charge in [-0.05, 0) is 75.9 Å². The van der Waals surface area contributed by atoms with Crippen LogP contribution >= 0.6 is 24.8 Å². The fourth-order valence-corrected chi connectivity index (χ4v) is 3.84. The highest BCUT2D eigenvalue weighted by molar-refractivity contribution is 5.90. The highest BCUT2D eigenvalue weighted by Crippen LogP contribution is 2.20. The van der Waals surface area contributed by atoms with Gasteiger partial charge < -0.3 is 10.6 Å². The van der Waals surface area contributed by atoms with E-state index in [1.54, 1.807) is 0 Å². The fraction of sp³-hybridized carbons (Fsp3) is 0.650. The molecule has 2 unspecified atom stereocenters. The Morgan fingerprint density at radius 1 is 1.19 bits per heavy atom. The molecule has 0 aliphatic carbocycles. The predicted molar refractivity (Wildman–Crippen MR) is 114 cm³/mol. The first-order chi connectivity index (χ1) is 11.7. The summed E-state index contributed by atoms with van der Waals surface area (Å²) >= 11 is 0. The van der Waals surface area contributed by atoms with Crippen molar-refractivity contribution in [2.45, 2.75) is 58.0 Å². The lowest BCUT2D eigenvalue weighted by molar-refractivity contribution is -0.116. The van der Waals surface area contributed by atoms with Gasteiger partial charge in [-0.1, -0.05) is 18.6 Å². The number of anilines is 1. The summed E-state index contributed by atoms with van der Waals surface area (Å²) in [4.78, 5) is 14.6. The molecule has 1 aromatic rings. The van der Waals surface area contributed by atoms with Crippen LogP contribution in [0.4, 0.5) is 5.69 Å². The minimum Gasteiger partial charge on any atom is -0.326 e. The van der Waals surface area contributed by atoms with Gasteiger partial charge in [-0.25, -0.2) is 0 Å². The average molecular weight is 402 g/mol. The molecule has 148 valence electrons. The van der Waals surface area contributed by atoms with Crippen molar-refractivity contribution in [2.75, 3.05) is 25.0 Å². The Labute approximate surface area is 170 Å². The van der Waals surface area contributed by atoms with Crippen molar-refractivity contribution in [3.63, 3.8) is 0 Å². The van der Waals surface area contributed by atoms with Gasteiger partial charge in [0.05, 0.1) is 0 Å². The Hall–Kier alpha value is -0.810. The SMILES string of the molecule is CC1CCCCN1Cc1ccc(NC(=O)CCC2CCNC2)cc1.Cl.Cl. The molecule has 0 radical (unpaired) electrons. The Bertz CT molecular complexity index is 532. The molecule has 0 spiro atoms. The van der Waals surface area contributed by atoms with Gasteiger partial charge in [-0.2, -0.15) is 0 Å². The van der Waals surface area contributed by atoms with Crippen molar-refractivity contribution in [3.8, 4) is 0 Å². The van der Waals surface area contributed by atoms with Crippen molar-refractivity contribution in [1.82, 2.24) is 10.2 Å². The molecule has 0 bridgehead atoms. The maximum absolute atomic E-state index is 12.1. The Morgan fingerprint density at radius 3 is 2.62 bits per heavy atom. The zero-order valence-corrected chi connectivity index (χ0v) is 17.3. The zero-order valence-electron chi connectivity index (χ0n) is 15.7. The molecule has 2 N–H and O–H groups in total. The maximum Gasteiger partial charge on any atom is 0.224 e. The smallest absolute Gasteiger partial charge is 0.224 e. The molecular formula is C20H33Cl2N3O. The molecule has 4 nitrogen and oxygen atoms in total. The summed E-state index contributed by atoms with van der Waals surface area (Å²) in [5.74, 6) is 0.809. The standard InChI is InChI=1S/C20H31N3O.2ClH/c1-16-4-2-3-13-23(16)15-18-5-8-19(9-6-18)22-20(24)10-7-17-11-12-21-14-17;;/h5-6,8-9,16-17,21H,2-4,7,10-15H2,1H3,(H,22,24);2*1H. The van der Waals surface area contributed by atoms with Crippen LogP contribution in [0.5, 0.6) is 0 Å². The average Bonchev–Trinajstić information content (AvgIpc) is 3.10. The second kappa shape index (κ2) is 11.8. The predicted octanol–water partition coefficient (Wildman–Crippen LogP) is 4.23. The molecule has 2 heterocycles. The van der Waals surface area contributed by atoms with E-state index >= 15 is 0 Å². The summed E-state index contributed by atoms with van der Waals surface area (Å²) < 4.78 is 0. The third-order valence-corrected chi connectivity index (χ3v) is 5.51. The first-order valence-corrected chi connectivity index (χ1v) is 9.54. The van der Waals surface area contributed by atoms with Crippen molar-refractivity contribution in [2.24, 2.45) is 5.92 Å². The van der Waals surface area contributed by atoms with E-state index in [2.05, 4.69) is 34.6 Å². The van der Waals surface area contributed by atoms with Crippen LogP contribution in [-0.2, 0) is 11.3 Å². The number of amides is 1. The van der Waals surface area contributed by atoms with Crippen molar-refractivity contribution < 1.29 is 4.79 Å². The summed E-state index contributed by atoms with van der Waals surface area (Å²) in [6.45, 7) is 6.72. The van der Waals surface area contributed by atoms with Crippen LogP contribution < -0.4 is 10.6 Å². The van der Waals surface area contributed by atoms with Gasteiger partial charge in [0.1, 0.15) is 0 Å². The molecule has 26 heavy (non-hydrogen) atoms. The van der Waals surface area contributed by atoms with Crippen LogP contribution in [0, 0.1) is 5.92 Å². The van der Waals surface area contributed by atoms with Crippen LogP contribution in [-0.4, -0.2) is 36.5 Å². The number of rotatable bonds is 6. The number of carbonyl (C=O) groups excluding carboxylic acids is 1. The minimum absolute atomic E-state index is 0. The zero-order chi connectivity index (χ0) is 16.8. The molecule has 1 amide bonds. The lowest BCUT2D eigenvalue weighted by Crippen LogP contribution is -2.36. The van der Waals surface area contributed by atoms with E-state index in [9.17, 15) is 4.79 Å². The van der Waals surface area contributed by atoms with E-state index in [1.165, 1.54) is 37.8 Å². The molecule has 2 atom stereocenters. The van der Waals surface area contributed by atoms with E-state index in [0.717, 1.165) is 31.7 Å². The number of benzene rings is 1. The van der Waals surface area contributed by atoms with Crippen LogP contribution in [0.3, 0.4) is 0 Å². The van der Waals surface area contributed by atoms with Crippen molar-refractivity contribution >= 4 is 36.4 Å². The van der Waals surface area contributed by atoms with E-state index in [-0.39, 0.29) is 30.7 Å². The number of nitrogens with one attached hydrogen (secondary N) is 2. The van der Waals surface area contributed by atoms with Crippen molar-refractivity contribution in [3.05, 3.63) is 29.8 Å². The van der Waals surface area contributed by atoms with Crippen molar-refractivity contribution in [1.29, 1.82) is 0 Å². The normalized spacial score (nSPS) is 23.0. The molecule has 2 aliphatic heterocycles. The van der Waals surface area contributed by atoms with Gasteiger partial charge in [-0.3, -0.25) is 9.69 Å². The number of carbonyl (C=O) groups is 1. The minimum atomic E-state index is 0. The van der Waals surface area contributed by atoms with Crippen LogP contribution in [0.2, 0.25) is 0 Å². The molecule has 1 aromatic carbocycles. The Morgan fingerprint density at radius 2 is 1.96 bits per heavy atom. The van der Waals surface area contributed by atoms with Gasteiger partial charge >= 0.3 is 0 Å². The summed E-state index contributed by atoms with van der Waals surface area (Å²) in [6.07, 6.45) is 6.80. The molecule has 6 heteroatoms. The molecule has 0 saturated carbocycles. The maximum atomic E-state index is 12.1. The first kappa shape index (κ1) is 23.2. The number of nitrogens with zero attached hydrogens (tertiary/aromatic N) is 1. The van der Waals surface area contributed by atoms with E-state index in [4.69, 9.17) is 0 Å². The molecular weight excluding hydrogens is 369 g/mol. The molecule has 3 rings (SSSR count). The van der Waals surface area contributed by atoms with Gasteiger partial charge in [0, 0.05) is 24.7 Å². The lowest BCUT2D eigenvalue weighted by atomic mass is 10.0. The lowest BCUT2D eigenvalue weighted by Gasteiger charge is -2.33. The first-order valence-electron chi connectivity index (χ1n) is 9.54. The summed E-state index contributed by atoms with van der Waals surface area (Å²) in [5.41, 5.74) is 2.25. The largest absolute Gasteiger partial charge is 0.326 e. The molecule has 0 aromatic heterocycles. The number of hydrogen-bond acceptors (Lipinski definition) is 3. The number of piperidine rings is 1.